The number of likely N-dealkylation sites (N-methyl/N-ethyl adjacent to an activating group) is 1. The van der Waals surface area contributed by atoms with Crippen molar-refractivity contribution in [1.29, 1.82) is 0 Å². The smallest absolute Gasteiger partial charge is 0.330 e. The van der Waals surface area contributed by atoms with E-state index < -0.39 is 11.2 Å². The third-order valence-corrected chi connectivity index (χ3v) is 4.02. The van der Waals surface area contributed by atoms with Gasteiger partial charge in [-0.3, -0.25) is 19.1 Å². The van der Waals surface area contributed by atoms with Gasteiger partial charge >= 0.3 is 5.69 Å². The van der Waals surface area contributed by atoms with Gasteiger partial charge in [0.25, 0.3) is 5.56 Å². The highest BCUT2D eigenvalue weighted by Crippen LogP contribution is 2.16. The van der Waals surface area contributed by atoms with Gasteiger partial charge < -0.3 is 20.4 Å². The highest BCUT2D eigenvalue weighted by Gasteiger charge is 2.19. The summed E-state index contributed by atoms with van der Waals surface area (Å²) >= 11 is 0. The number of carbonyl (C=O) groups is 1. The van der Waals surface area contributed by atoms with Crippen molar-refractivity contribution in [3.63, 3.8) is 0 Å². The van der Waals surface area contributed by atoms with Crippen LogP contribution in [0.4, 0.5) is 11.5 Å². The van der Waals surface area contributed by atoms with Crippen molar-refractivity contribution >= 4 is 17.4 Å². The van der Waals surface area contributed by atoms with Crippen LogP contribution in [0.1, 0.15) is 32.4 Å². The summed E-state index contributed by atoms with van der Waals surface area (Å²) in [6, 6.07) is 3.49. The molecule has 0 saturated carbocycles. The normalized spacial score (nSPS) is 10.7. The van der Waals surface area contributed by atoms with Gasteiger partial charge in [0, 0.05) is 13.1 Å². The van der Waals surface area contributed by atoms with E-state index in [1.165, 1.54) is 10.8 Å². The van der Waals surface area contributed by atoms with Gasteiger partial charge in [-0.1, -0.05) is 13.3 Å². The second-order valence-electron chi connectivity index (χ2n) is 5.87. The molecule has 0 saturated heterocycles. The average Bonchev–Trinajstić information content (AvgIpc) is 3.12. The molecule has 0 bridgehead atoms. The standard InChI is InChI=1S/C17H25N5O4/c1-3-5-8-22-15(18)14(16(24)20-17(22)25)21(4-2)11-13(23)19-10-12-7-6-9-26-12/h6-7,9H,3-5,8,10-11,18H2,1-2H3,(H,19,23)(H,20,24,25). The summed E-state index contributed by atoms with van der Waals surface area (Å²) in [4.78, 5) is 40.3. The van der Waals surface area contributed by atoms with Gasteiger partial charge in [0.1, 0.15) is 17.3 Å². The van der Waals surface area contributed by atoms with E-state index >= 15 is 0 Å². The first-order valence-electron chi connectivity index (χ1n) is 8.64. The van der Waals surface area contributed by atoms with Gasteiger partial charge in [0.05, 0.1) is 19.4 Å². The zero-order valence-corrected chi connectivity index (χ0v) is 15.1. The fourth-order valence-electron chi connectivity index (χ4n) is 2.60. The Balaban J connectivity index is 2.19. The van der Waals surface area contributed by atoms with Crippen molar-refractivity contribution in [2.45, 2.75) is 39.8 Å². The lowest BCUT2D eigenvalue weighted by atomic mass is 10.3. The molecule has 2 aromatic heterocycles. The molecule has 2 aromatic rings. The Hall–Kier alpha value is -2.97. The van der Waals surface area contributed by atoms with E-state index in [0.717, 1.165) is 12.8 Å². The molecule has 0 aromatic carbocycles. The lowest BCUT2D eigenvalue weighted by Gasteiger charge is -2.24. The Morgan fingerprint density at radius 2 is 2.15 bits per heavy atom. The second-order valence-corrected chi connectivity index (χ2v) is 5.87. The number of nitrogens with zero attached hydrogens (tertiary/aromatic N) is 2. The number of amides is 1. The van der Waals surface area contributed by atoms with Gasteiger partial charge in [-0.2, -0.15) is 0 Å². The first-order valence-corrected chi connectivity index (χ1v) is 8.64. The SMILES string of the molecule is CCCCn1c(N)c(N(CC)CC(=O)NCc2ccco2)c(=O)[nH]c1=O. The minimum atomic E-state index is -0.596. The van der Waals surface area contributed by atoms with E-state index in [2.05, 4.69) is 10.3 Å². The van der Waals surface area contributed by atoms with E-state index in [1.54, 1.807) is 24.0 Å². The molecule has 0 aliphatic heterocycles. The second kappa shape index (κ2) is 8.93. The predicted octanol–water partition coefficient (Wildman–Crippen LogP) is 0.655. The maximum Gasteiger partial charge on any atom is 0.330 e. The minimum absolute atomic E-state index is 0.0591. The predicted molar refractivity (Wildman–Crippen MR) is 99.1 cm³/mol. The van der Waals surface area contributed by atoms with E-state index in [4.69, 9.17) is 10.2 Å². The number of furan rings is 1. The number of H-pyrrole nitrogens is 1. The first-order chi connectivity index (χ1) is 12.5. The lowest BCUT2D eigenvalue weighted by Crippen LogP contribution is -2.42. The van der Waals surface area contributed by atoms with Gasteiger partial charge in [0.2, 0.25) is 5.91 Å². The number of rotatable bonds is 9. The summed E-state index contributed by atoms with van der Waals surface area (Å²) < 4.78 is 6.50. The Morgan fingerprint density at radius 3 is 2.77 bits per heavy atom. The molecular formula is C17H25N5O4. The van der Waals surface area contributed by atoms with Crippen molar-refractivity contribution in [1.82, 2.24) is 14.9 Å². The molecule has 26 heavy (non-hydrogen) atoms. The maximum atomic E-state index is 12.3. The summed E-state index contributed by atoms with van der Waals surface area (Å²) in [5.74, 6) is 0.424. The number of carbonyl (C=O) groups excluding carboxylic acids is 1. The molecule has 0 radical (unpaired) electrons. The zero-order chi connectivity index (χ0) is 19.1. The van der Waals surface area contributed by atoms with E-state index in [-0.39, 0.29) is 30.5 Å². The molecule has 4 N–H and O–H groups in total. The average molecular weight is 363 g/mol. The Kier molecular flexibility index (Phi) is 6.65. The number of anilines is 2. The lowest BCUT2D eigenvalue weighted by molar-refractivity contribution is -0.120. The fourth-order valence-corrected chi connectivity index (χ4v) is 2.60. The molecule has 0 atom stereocenters. The highest BCUT2D eigenvalue weighted by molar-refractivity contribution is 5.82. The molecule has 0 spiro atoms. The quantitative estimate of drug-likeness (QED) is 0.600. The number of nitrogen functional groups attached to an aromatic ring is 1. The number of aromatic amines is 1. The third-order valence-electron chi connectivity index (χ3n) is 4.02. The van der Waals surface area contributed by atoms with Crippen LogP contribution in [-0.2, 0) is 17.9 Å². The molecule has 0 fully saturated rings. The van der Waals surface area contributed by atoms with Crippen LogP contribution in [0, 0.1) is 0 Å². The van der Waals surface area contributed by atoms with E-state index in [0.29, 0.717) is 18.8 Å². The first kappa shape index (κ1) is 19.4. The number of aromatic nitrogens is 2. The maximum absolute atomic E-state index is 12.3. The van der Waals surface area contributed by atoms with Crippen LogP contribution in [0.3, 0.4) is 0 Å². The molecule has 1 amide bonds. The molecule has 0 unspecified atom stereocenters. The molecule has 2 rings (SSSR count). The van der Waals surface area contributed by atoms with Crippen LogP contribution in [0.5, 0.6) is 0 Å². The number of unbranched alkanes of at least 4 members (excludes halogenated alkanes) is 1. The summed E-state index contributed by atoms with van der Waals surface area (Å²) in [6.07, 6.45) is 3.16. The van der Waals surface area contributed by atoms with Gasteiger partial charge in [0.15, 0.2) is 0 Å². The van der Waals surface area contributed by atoms with Crippen LogP contribution < -0.4 is 27.2 Å². The van der Waals surface area contributed by atoms with E-state index in [1.807, 2.05) is 6.92 Å². The van der Waals surface area contributed by atoms with Crippen molar-refractivity contribution in [2.75, 3.05) is 23.7 Å². The highest BCUT2D eigenvalue weighted by atomic mass is 16.3. The topological polar surface area (TPSA) is 126 Å². The van der Waals surface area contributed by atoms with Gasteiger partial charge in [-0.15, -0.1) is 0 Å². The molecule has 0 aliphatic carbocycles. The minimum Gasteiger partial charge on any atom is -0.467 e. The molecule has 0 aliphatic rings. The molecule has 9 heteroatoms. The van der Waals surface area contributed by atoms with Gasteiger partial charge in [-0.25, -0.2) is 4.79 Å². The fraction of sp³-hybridized carbons (Fsp3) is 0.471. The number of nitrogens with one attached hydrogen (secondary N) is 2. The number of nitrogens with two attached hydrogens (primary N) is 1. The molecule has 2 heterocycles. The van der Waals surface area contributed by atoms with Crippen LogP contribution >= 0.6 is 0 Å². The zero-order valence-electron chi connectivity index (χ0n) is 15.1. The third kappa shape index (κ3) is 4.56. The van der Waals surface area contributed by atoms with Crippen molar-refractivity contribution in [3.8, 4) is 0 Å². The van der Waals surface area contributed by atoms with Crippen molar-refractivity contribution in [3.05, 3.63) is 45.0 Å². The van der Waals surface area contributed by atoms with Crippen molar-refractivity contribution in [2.24, 2.45) is 0 Å². The Bertz CT molecular complexity index is 838. The summed E-state index contributed by atoms with van der Waals surface area (Å²) in [5.41, 5.74) is 5.08. The Labute approximate surface area is 150 Å². The van der Waals surface area contributed by atoms with Crippen LogP contribution in [0.2, 0.25) is 0 Å². The van der Waals surface area contributed by atoms with Crippen LogP contribution in [-0.4, -0.2) is 28.5 Å². The number of hydrogen-bond donors (Lipinski definition) is 3. The number of hydrogen-bond acceptors (Lipinski definition) is 6. The summed E-state index contributed by atoms with van der Waals surface area (Å²) in [5, 5.41) is 2.72. The summed E-state index contributed by atoms with van der Waals surface area (Å²) in [6.45, 7) is 4.79. The molecule has 9 nitrogen and oxygen atoms in total. The Morgan fingerprint density at radius 1 is 1.38 bits per heavy atom. The van der Waals surface area contributed by atoms with Crippen molar-refractivity contribution < 1.29 is 9.21 Å². The van der Waals surface area contributed by atoms with Crippen LogP contribution in [0.25, 0.3) is 0 Å². The largest absolute Gasteiger partial charge is 0.467 e. The molecule has 142 valence electrons. The van der Waals surface area contributed by atoms with Crippen LogP contribution in [0.15, 0.2) is 32.4 Å². The van der Waals surface area contributed by atoms with E-state index in [9.17, 15) is 14.4 Å². The summed E-state index contributed by atoms with van der Waals surface area (Å²) in [7, 11) is 0. The molecular weight excluding hydrogens is 338 g/mol. The van der Waals surface area contributed by atoms with Gasteiger partial charge in [-0.05, 0) is 25.5 Å². The monoisotopic (exact) mass is 363 g/mol.